The third kappa shape index (κ3) is 9.32. The second-order valence-electron chi connectivity index (χ2n) is 5.35. The Morgan fingerprint density at radius 1 is 1.08 bits per heavy atom. The first-order valence-electron chi connectivity index (χ1n) is 8.60. The molecule has 0 aromatic heterocycles. The Kier molecular flexibility index (Phi) is 13.7. The predicted octanol–water partition coefficient (Wildman–Crippen LogP) is 3.10. The highest BCUT2D eigenvalue weighted by atomic mass is 127. The third-order valence-corrected chi connectivity index (χ3v) is 3.76. The van der Waals surface area contributed by atoms with Crippen LogP contribution in [-0.4, -0.2) is 50.7 Å². The van der Waals surface area contributed by atoms with Crippen LogP contribution in [0.3, 0.4) is 0 Å². The van der Waals surface area contributed by atoms with Gasteiger partial charge in [0.25, 0.3) is 0 Å². The summed E-state index contributed by atoms with van der Waals surface area (Å²) in [6, 6.07) is 8.03. The first kappa shape index (κ1) is 23.0. The number of hydrogen-bond acceptors (Lipinski definition) is 3. The molecule has 2 N–H and O–H groups in total. The molecule has 1 rings (SSSR count). The maximum atomic E-state index is 5.17. The lowest BCUT2D eigenvalue weighted by Gasteiger charge is -2.18. The van der Waals surface area contributed by atoms with Crippen LogP contribution in [0.1, 0.15) is 32.8 Å². The van der Waals surface area contributed by atoms with Crippen molar-refractivity contribution in [1.82, 2.24) is 15.5 Å². The van der Waals surface area contributed by atoms with Gasteiger partial charge in [-0.25, -0.2) is 4.99 Å². The van der Waals surface area contributed by atoms with Crippen LogP contribution in [0.5, 0.6) is 5.75 Å². The fourth-order valence-corrected chi connectivity index (χ4v) is 2.29. The monoisotopic (exact) mass is 448 g/mol. The molecule has 0 aliphatic heterocycles. The highest BCUT2D eigenvalue weighted by Crippen LogP contribution is 2.11. The molecule has 0 saturated heterocycles. The average molecular weight is 448 g/mol. The van der Waals surface area contributed by atoms with Gasteiger partial charge in [0.2, 0.25) is 0 Å². The molecule has 0 unspecified atom stereocenters. The number of guanidine groups is 1. The van der Waals surface area contributed by atoms with Gasteiger partial charge in [-0.3, -0.25) is 0 Å². The lowest BCUT2D eigenvalue weighted by atomic mass is 10.2. The first-order valence-corrected chi connectivity index (χ1v) is 8.60. The largest absolute Gasteiger partial charge is 0.497 e. The smallest absolute Gasteiger partial charge is 0.191 e. The van der Waals surface area contributed by atoms with E-state index in [0.29, 0.717) is 6.54 Å². The molecule has 0 saturated carbocycles. The highest BCUT2D eigenvalue weighted by Gasteiger charge is 2.00. The molecule has 24 heavy (non-hydrogen) atoms. The van der Waals surface area contributed by atoms with Gasteiger partial charge in [-0.15, -0.1) is 24.0 Å². The zero-order valence-corrected chi connectivity index (χ0v) is 17.8. The van der Waals surface area contributed by atoms with Gasteiger partial charge >= 0.3 is 0 Å². The molecule has 0 atom stereocenters. The summed E-state index contributed by atoms with van der Waals surface area (Å²) >= 11 is 0. The van der Waals surface area contributed by atoms with Gasteiger partial charge in [0.05, 0.1) is 13.7 Å². The molecule has 0 radical (unpaired) electrons. The minimum Gasteiger partial charge on any atom is -0.497 e. The summed E-state index contributed by atoms with van der Waals surface area (Å²) < 4.78 is 5.17. The normalized spacial score (nSPS) is 11.1. The van der Waals surface area contributed by atoms with Gasteiger partial charge in [-0.2, -0.15) is 0 Å². The molecule has 0 bridgehead atoms. The Morgan fingerprint density at radius 2 is 1.75 bits per heavy atom. The van der Waals surface area contributed by atoms with E-state index in [9.17, 15) is 0 Å². The number of aliphatic imine (C=N–C) groups is 1. The van der Waals surface area contributed by atoms with Crippen LogP contribution in [0.25, 0.3) is 0 Å². The molecule has 0 spiro atoms. The summed E-state index contributed by atoms with van der Waals surface area (Å²) in [5.41, 5.74) is 1.17. The van der Waals surface area contributed by atoms with Crippen LogP contribution in [0.2, 0.25) is 0 Å². The number of ether oxygens (including phenoxy) is 1. The van der Waals surface area contributed by atoms with E-state index in [-0.39, 0.29) is 24.0 Å². The molecule has 1 aromatic carbocycles. The van der Waals surface area contributed by atoms with Crippen molar-refractivity contribution in [2.24, 2.45) is 4.99 Å². The summed E-state index contributed by atoms with van der Waals surface area (Å²) in [6.07, 6.45) is 1.12. The van der Waals surface area contributed by atoms with E-state index >= 15 is 0 Å². The van der Waals surface area contributed by atoms with Crippen molar-refractivity contribution < 1.29 is 4.74 Å². The van der Waals surface area contributed by atoms with Crippen LogP contribution in [0, 0.1) is 0 Å². The fourth-order valence-electron chi connectivity index (χ4n) is 2.29. The van der Waals surface area contributed by atoms with Gasteiger partial charge in [-0.05, 0) is 50.7 Å². The zero-order valence-electron chi connectivity index (χ0n) is 15.5. The third-order valence-electron chi connectivity index (χ3n) is 3.76. The Bertz CT molecular complexity index is 447. The molecule has 6 heteroatoms. The quantitative estimate of drug-likeness (QED) is 0.250. The summed E-state index contributed by atoms with van der Waals surface area (Å²) in [7, 11) is 1.68. The molecular formula is C18H33IN4O. The molecular weight excluding hydrogens is 415 g/mol. The summed E-state index contributed by atoms with van der Waals surface area (Å²) in [4.78, 5) is 7.07. The number of methoxy groups -OCH3 is 1. The maximum Gasteiger partial charge on any atom is 0.191 e. The van der Waals surface area contributed by atoms with Gasteiger partial charge in [0, 0.05) is 13.1 Å². The molecule has 1 aromatic rings. The molecule has 138 valence electrons. The van der Waals surface area contributed by atoms with Gasteiger partial charge in [0.15, 0.2) is 5.96 Å². The summed E-state index contributed by atoms with van der Waals surface area (Å²) in [5, 5.41) is 6.70. The summed E-state index contributed by atoms with van der Waals surface area (Å²) in [5.74, 6) is 1.75. The highest BCUT2D eigenvalue weighted by molar-refractivity contribution is 14.0. The number of halogens is 1. The van der Waals surface area contributed by atoms with Crippen LogP contribution in [0.4, 0.5) is 0 Å². The van der Waals surface area contributed by atoms with E-state index in [1.54, 1.807) is 7.11 Å². The Balaban J connectivity index is 0.00000529. The van der Waals surface area contributed by atoms with Crippen molar-refractivity contribution in [3.63, 3.8) is 0 Å². The van der Waals surface area contributed by atoms with E-state index < -0.39 is 0 Å². The van der Waals surface area contributed by atoms with Gasteiger partial charge < -0.3 is 20.3 Å². The minimum atomic E-state index is 0. The van der Waals surface area contributed by atoms with E-state index in [0.717, 1.165) is 50.9 Å². The molecule has 0 heterocycles. The SMILES string of the molecule is CCNC(=NCc1ccc(OC)cc1)NCCCN(CC)CC.I. The number of rotatable bonds is 10. The van der Waals surface area contributed by atoms with Crippen molar-refractivity contribution in [1.29, 1.82) is 0 Å². The number of benzene rings is 1. The molecule has 0 aliphatic carbocycles. The number of nitrogens with zero attached hydrogens (tertiary/aromatic N) is 2. The lowest BCUT2D eigenvalue weighted by molar-refractivity contribution is 0.300. The molecule has 5 nitrogen and oxygen atoms in total. The number of hydrogen-bond donors (Lipinski definition) is 2. The Labute approximate surface area is 164 Å². The van der Waals surface area contributed by atoms with Gasteiger partial charge in [-0.1, -0.05) is 26.0 Å². The fraction of sp³-hybridized carbons (Fsp3) is 0.611. The van der Waals surface area contributed by atoms with Crippen molar-refractivity contribution in [3.05, 3.63) is 29.8 Å². The van der Waals surface area contributed by atoms with Crippen LogP contribution < -0.4 is 15.4 Å². The van der Waals surface area contributed by atoms with Crippen molar-refractivity contribution in [3.8, 4) is 5.75 Å². The second kappa shape index (κ2) is 14.3. The van der Waals surface area contributed by atoms with Crippen LogP contribution in [-0.2, 0) is 6.54 Å². The lowest BCUT2D eigenvalue weighted by Crippen LogP contribution is -2.38. The van der Waals surface area contributed by atoms with Gasteiger partial charge in [0.1, 0.15) is 5.75 Å². The van der Waals surface area contributed by atoms with Crippen molar-refractivity contribution in [2.75, 3.05) is 39.8 Å². The van der Waals surface area contributed by atoms with Crippen LogP contribution >= 0.6 is 24.0 Å². The van der Waals surface area contributed by atoms with E-state index in [1.807, 2.05) is 24.3 Å². The predicted molar refractivity (Wildman–Crippen MR) is 114 cm³/mol. The Hall–Kier alpha value is -1.02. The Morgan fingerprint density at radius 3 is 2.29 bits per heavy atom. The topological polar surface area (TPSA) is 48.9 Å². The van der Waals surface area contributed by atoms with E-state index in [1.165, 1.54) is 5.56 Å². The number of nitrogens with one attached hydrogen (secondary N) is 2. The van der Waals surface area contributed by atoms with Crippen molar-refractivity contribution >= 4 is 29.9 Å². The minimum absolute atomic E-state index is 0. The first-order chi connectivity index (χ1) is 11.2. The van der Waals surface area contributed by atoms with E-state index in [4.69, 9.17) is 4.74 Å². The second-order valence-corrected chi connectivity index (χ2v) is 5.35. The maximum absolute atomic E-state index is 5.17. The molecule has 0 amide bonds. The van der Waals surface area contributed by atoms with Crippen molar-refractivity contribution in [2.45, 2.75) is 33.7 Å². The zero-order chi connectivity index (χ0) is 16.9. The van der Waals surface area contributed by atoms with Crippen LogP contribution in [0.15, 0.2) is 29.3 Å². The standard InChI is InChI=1S/C18H32N4O.HI/c1-5-19-18(20-13-8-14-22(6-2)7-3)21-15-16-9-11-17(23-4)12-10-16;/h9-12H,5-8,13-15H2,1-4H3,(H2,19,20,21);1H. The summed E-state index contributed by atoms with van der Waals surface area (Å²) in [6.45, 7) is 12.3. The van der Waals surface area contributed by atoms with E-state index in [2.05, 4.69) is 41.3 Å². The molecule has 0 fully saturated rings. The average Bonchev–Trinajstić information content (AvgIpc) is 2.60. The molecule has 0 aliphatic rings.